The Morgan fingerprint density at radius 2 is 1.93 bits per heavy atom. The van der Waals surface area contributed by atoms with Gasteiger partial charge < -0.3 is 11.1 Å². The van der Waals surface area contributed by atoms with Gasteiger partial charge in [-0.15, -0.1) is 11.3 Å². The van der Waals surface area contributed by atoms with Gasteiger partial charge in [0.15, 0.2) is 5.96 Å². The zero-order chi connectivity index (χ0) is 20.9. The third-order valence-corrected chi connectivity index (χ3v) is 6.45. The first-order valence-corrected chi connectivity index (χ1v) is 9.60. The molecular formula is C20H23FN4O2S. The number of hydrogen-bond donors (Lipinski definition) is 2. The van der Waals surface area contributed by atoms with Gasteiger partial charge in [-0.1, -0.05) is 0 Å². The van der Waals surface area contributed by atoms with Gasteiger partial charge in [0.1, 0.15) is 11.4 Å². The number of carbonyl (C=O) groups is 2. The first-order valence-electron chi connectivity index (χ1n) is 8.78. The molecule has 3 N–H and O–H groups in total. The lowest BCUT2D eigenvalue weighted by molar-refractivity contribution is -0.140. The quantitative estimate of drug-likeness (QED) is 0.824. The van der Waals surface area contributed by atoms with Crippen molar-refractivity contribution < 1.29 is 14.0 Å². The average Bonchev–Trinajstić information content (AvgIpc) is 3.07. The van der Waals surface area contributed by atoms with Gasteiger partial charge in [0.05, 0.1) is 10.3 Å². The largest absolute Gasteiger partial charge is 0.369 e. The Bertz CT molecular complexity index is 998. The molecule has 0 spiro atoms. The Kier molecular flexibility index (Phi) is 4.79. The van der Waals surface area contributed by atoms with E-state index in [1.807, 2.05) is 13.0 Å². The Labute approximate surface area is 167 Å². The second-order valence-electron chi connectivity index (χ2n) is 7.59. The molecule has 0 aliphatic carbocycles. The molecule has 1 aromatic heterocycles. The highest BCUT2D eigenvalue weighted by molar-refractivity contribution is 7.14. The maximum absolute atomic E-state index is 14.8. The number of guanidine groups is 1. The number of benzene rings is 1. The topological polar surface area (TPSA) is 87.8 Å². The molecule has 28 heavy (non-hydrogen) atoms. The first-order chi connectivity index (χ1) is 13.0. The van der Waals surface area contributed by atoms with Crippen molar-refractivity contribution in [2.75, 3.05) is 12.4 Å². The van der Waals surface area contributed by atoms with E-state index in [2.05, 4.69) is 10.3 Å². The molecule has 0 saturated carbocycles. The van der Waals surface area contributed by atoms with E-state index in [9.17, 15) is 14.0 Å². The van der Waals surface area contributed by atoms with E-state index in [1.54, 1.807) is 33.9 Å². The smallest absolute Gasteiger partial charge is 0.265 e. The first kappa shape index (κ1) is 20.0. The number of aryl methyl sites for hydroxylation is 1. The van der Waals surface area contributed by atoms with Crippen molar-refractivity contribution in [1.29, 1.82) is 0 Å². The minimum Gasteiger partial charge on any atom is -0.369 e. The number of nitrogens with one attached hydrogen (secondary N) is 1. The number of halogens is 1. The Balaban J connectivity index is 2.04. The van der Waals surface area contributed by atoms with E-state index in [0.717, 1.165) is 4.88 Å². The van der Waals surface area contributed by atoms with Crippen molar-refractivity contribution in [3.63, 3.8) is 0 Å². The third kappa shape index (κ3) is 3.07. The second kappa shape index (κ2) is 6.70. The maximum Gasteiger partial charge on any atom is 0.265 e. The molecule has 2 amide bonds. The summed E-state index contributed by atoms with van der Waals surface area (Å²) in [7, 11) is 1.54. The van der Waals surface area contributed by atoms with E-state index in [4.69, 9.17) is 5.73 Å². The molecule has 1 aliphatic heterocycles. The highest BCUT2D eigenvalue weighted by Gasteiger charge is 2.53. The van der Waals surface area contributed by atoms with Crippen LogP contribution in [-0.4, -0.2) is 29.7 Å². The summed E-state index contributed by atoms with van der Waals surface area (Å²) in [6.07, 6.45) is 0. The zero-order valence-electron chi connectivity index (χ0n) is 16.5. The summed E-state index contributed by atoms with van der Waals surface area (Å²) in [4.78, 5) is 32.5. The normalized spacial score (nSPS) is 21.4. The zero-order valence-corrected chi connectivity index (χ0v) is 17.3. The lowest BCUT2D eigenvalue weighted by Gasteiger charge is -2.46. The number of thiophene rings is 1. The molecule has 0 bridgehead atoms. The summed E-state index contributed by atoms with van der Waals surface area (Å²) < 4.78 is 14.8. The molecule has 6 nitrogen and oxygen atoms in total. The molecule has 1 aliphatic rings. The molecule has 8 heteroatoms. The number of rotatable bonds is 3. The molecule has 0 radical (unpaired) electrons. The van der Waals surface area contributed by atoms with Crippen LogP contribution in [0.15, 0.2) is 35.3 Å². The molecule has 2 aromatic rings. The van der Waals surface area contributed by atoms with E-state index in [1.165, 1.54) is 34.4 Å². The van der Waals surface area contributed by atoms with Crippen molar-refractivity contribution in [2.45, 2.75) is 33.2 Å². The van der Waals surface area contributed by atoms with E-state index < -0.39 is 16.8 Å². The Morgan fingerprint density at radius 1 is 1.25 bits per heavy atom. The number of amides is 2. The number of carbonyl (C=O) groups excluding carboxylic acids is 2. The highest BCUT2D eigenvalue weighted by atomic mass is 32.1. The Morgan fingerprint density at radius 3 is 2.54 bits per heavy atom. The molecule has 0 fully saturated rings. The van der Waals surface area contributed by atoms with Crippen LogP contribution in [0.25, 0.3) is 0 Å². The summed E-state index contributed by atoms with van der Waals surface area (Å²) in [6, 6.07) is 7.87. The van der Waals surface area contributed by atoms with E-state index in [-0.39, 0.29) is 23.3 Å². The molecule has 0 saturated heterocycles. The van der Waals surface area contributed by atoms with Crippen LogP contribution < -0.4 is 11.1 Å². The van der Waals surface area contributed by atoms with Crippen LogP contribution in [0.4, 0.5) is 10.1 Å². The Hall–Kier alpha value is -2.74. The SMILES string of the molecule is Cc1ccc(C(=O)Nc2ccc(F)c(C3(C)N=C(N)N(C)C(=O)C3(C)C)c2)s1. The molecular weight excluding hydrogens is 379 g/mol. The third-order valence-electron chi connectivity index (χ3n) is 5.45. The van der Waals surface area contributed by atoms with Crippen molar-refractivity contribution >= 4 is 34.8 Å². The van der Waals surface area contributed by atoms with Crippen molar-refractivity contribution in [3.8, 4) is 0 Å². The van der Waals surface area contributed by atoms with Crippen LogP contribution in [0.3, 0.4) is 0 Å². The predicted molar refractivity (Wildman–Crippen MR) is 109 cm³/mol. The summed E-state index contributed by atoms with van der Waals surface area (Å²) in [6.45, 7) is 7.01. The molecule has 3 rings (SSSR count). The fraction of sp³-hybridized carbons (Fsp3) is 0.350. The summed E-state index contributed by atoms with van der Waals surface area (Å²) in [5.41, 5.74) is 4.26. The van der Waals surface area contributed by atoms with Gasteiger partial charge >= 0.3 is 0 Å². The minimum atomic E-state index is -1.23. The standard InChI is InChI=1S/C20H23FN4O2S/c1-11-6-9-15(28-11)16(26)23-12-7-8-14(21)13(10-12)20(4)19(2,3)17(27)25(5)18(22)24-20/h6-10H,1-5H3,(H2,22,24)(H,23,26). The maximum atomic E-state index is 14.8. The lowest BCUT2D eigenvalue weighted by Crippen LogP contribution is -2.58. The molecule has 1 aromatic carbocycles. The van der Waals surface area contributed by atoms with Gasteiger partial charge in [0.2, 0.25) is 5.91 Å². The molecule has 148 valence electrons. The monoisotopic (exact) mass is 402 g/mol. The van der Waals surface area contributed by atoms with Gasteiger partial charge in [-0.05, 0) is 58.0 Å². The van der Waals surface area contributed by atoms with E-state index >= 15 is 0 Å². The second-order valence-corrected chi connectivity index (χ2v) is 8.88. The van der Waals surface area contributed by atoms with Crippen molar-refractivity contribution in [3.05, 3.63) is 51.5 Å². The fourth-order valence-corrected chi connectivity index (χ4v) is 4.06. The number of anilines is 1. The predicted octanol–water partition coefficient (Wildman–Crippen LogP) is 3.48. The van der Waals surface area contributed by atoms with Gasteiger partial charge in [0, 0.05) is 23.2 Å². The summed E-state index contributed by atoms with van der Waals surface area (Å²) in [5, 5.41) is 2.78. The lowest BCUT2D eigenvalue weighted by atomic mass is 9.67. The minimum absolute atomic E-state index is 0.0229. The van der Waals surface area contributed by atoms with Gasteiger partial charge in [-0.3, -0.25) is 14.5 Å². The van der Waals surface area contributed by atoms with Crippen LogP contribution in [0, 0.1) is 18.2 Å². The summed E-state index contributed by atoms with van der Waals surface area (Å²) >= 11 is 1.38. The van der Waals surface area contributed by atoms with Crippen molar-refractivity contribution in [1.82, 2.24) is 4.90 Å². The highest BCUT2D eigenvalue weighted by Crippen LogP contribution is 2.47. The average molecular weight is 402 g/mol. The van der Waals surface area contributed by atoms with Crippen LogP contribution in [0.5, 0.6) is 0 Å². The molecule has 1 atom stereocenters. The van der Waals surface area contributed by atoms with Gasteiger partial charge in [-0.2, -0.15) is 0 Å². The van der Waals surface area contributed by atoms with E-state index in [0.29, 0.717) is 10.6 Å². The summed E-state index contributed by atoms with van der Waals surface area (Å²) in [5.74, 6) is -1.03. The molecule has 2 heterocycles. The van der Waals surface area contributed by atoms with Gasteiger partial charge in [0.25, 0.3) is 5.91 Å². The van der Waals surface area contributed by atoms with Crippen molar-refractivity contribution in [2.24, 2.45) is 16.1 Å². The number of aliphatic imine (C=N–C) groups is 1. The van der Waals surface area contributed by atoms with Crippen LogP contribution >= 0.6 is 11.3 Å². The van der Waals surface area contributed by atoms with Crippen LogP contribution in [0.2, 0.25) is 0 Å². The van der Waals surface area contributed by atoms with Crippen LogP contribution in [-0.2, 0) is 10.3 Å². The molecule has 1 unspecified atom stereocenters. The van der Waals surface area contributed by atoms with Gasteiger partial charge in [-0.25, -0.2) is 9.38 Å². The number of nitrogens with two attached hydrogens (primary N) is 1. The number of hydrogen-bond acceptors (Lipinski definition) is 5. The number of nitrogens with zero attached hydrogens (tertiary/aromatic N) is 2. The fourth-order valence-electron chi connectivity index (χ4n) is 3.30. The van der Waals surface area contributed by atoms with Crippen LogP contribution in [0.1, 0.15) is 40.9 Å².